The van der Waals surface area contributed by atoms with Crippen LogP contribution in [0.3, 0.4) is 0 Å². The van der Waals surface area contributed by atoms with Crippen molar-refractivity contribution in [1.29, 1.82) is 0 Å². The molecule has 2 aromatic carbocycles. The summed E-state index contributed by atoms with van der Waals surface area (Å²) in [5.41, 5.74) is 1.15. The van der Waals surface area contributed by atoms with Crippen molar-refractivity contribution >= 4 is 40.1 Å². The molecule has 10 nitrogen and oxygen atoms in total. The summed E-state index contributed by atoms with van der Waals surface area (Å²) < 4.78 is 21.3. The van der Waals surface area contributed by atoms with E-state index in [1.807, 2.05) is 0 Å². The smallest absolute Gasteiger partial charge is 0.271 e. The van der Waals surface area contributed by atoms with Crippen LogP contribution in [0.5, 0.6) is 17.2 Å². The summed E-state index contributed by atoms with van der Waals surface area (Å²) in [5.74, 6) is 0.956. The number of hydrogen-bond acceptors (Lipinski definition) is 9. The molecular formula is C18H17N3O7S. The van der Waals surface area contributed by atoms with Gasteiger partial charge in [0, 0.05) is 30.0 Å². The van der Waals surface area contributed by atoms with Gasteiger partial charge in [0.2, 0.25) is 11.7 Å². The third-order valence-corrected chi connectivity index (χ3v) is 4.67. The van der Waals surface area contributed by atoms with E-state index in [0.717, 1.165) is 11.8 Å². The molecule has 0 radical (unpaired) electrons. The van der Waals surface area contributed by atoms with Crippen molar-refractivity contribution in [2.24, 2.45) is 0 Å². The Morgan fingerprint density at radius 3 is 2.45 bits per heavy atom. The summed E-state index contributed by atoms with van der Waals surface area (Å²) in [6.45, 7) is 0. The van der Waals surface area contributed by atoms with Crippen LogP contribution in [-0.4, -0.2) is 42.9 Å². The minimum absolute atomic E-state index is 0.0194. The van der Waals surface area contributed by atoms with E-state index in [2.05, 4.69) is 10.3 Å². The number of fused-ring (bicyclic) bond motifs is 1. The summed E-state index contributed by atoms with van der Waals surface area (Å²) in [5, 5.41) is 13.8. The average Bonchev–Trinajstić information content (AvgIpc) is 3.13. The number of carbonyl (C=O) groups is 1. The van der Waals surface area contributed by atoms with Gasteiger partial charge in [-0.15, -0.1) is 0 Å². The predicted octanol–water partition coefficient (Wildman–Crippen LogP) is 3.49. The van der Waals surface area contributed by atoms with Gasteiger partial charge in [-0.25, -0.2) is 4.98 Å². The van der Waals surface area contributed by atoms with E-state index in [-0.39, 0.29) is 22.6 Å². The number of nitro groups is 1. The van der Waals surface area contributed by atoms with E-state index in [9.17, 15) is 14.9 Å². The number of oxazole rings is 1. The number of rotatable bonds is 8. The molecule has 1 heterocycles. The van der Waals surface area contributed by atoms with E-state index < -0.39 is 4.92 Å². The van der Waals surface area contributed by atoms with Crippen molar-refractivity contribution in [2.45, 2.75) is 5.22 Å². The topological polar surface area (TPSA) is 126 Å². The maximum Gasteiger partial charge on any atom is 0.271 e. The number of nitrogens with one attached hydrogen (secondary N) is 1. The number of carbonyl (C=O) groups excluding carboxylic acids is 1. The van der Waals surface area contributed by atoms with Gasteiger partial charge in [0.25, 0.3) is 10.9 Å². The number of amides is 1. The van der Waals surface area contributed by atoms with E-state index in [1.165, 1.54) is 39.5 Å². The highest BCUT2D eigenvalue weighted by molar-refractivity contribution is 7.99. The van der Waals surface area contributed by atoms with Crippen molar-refractivity contribution in [3.63, 3.8) is 0 Å². The molecule has 29 heavy (non-hydrogen) atoms. The zero-order valence-electron chi connectivity index (χ0n) is 15.8. The minimum atomic E-state index is -0.508. The molecule has 0 saturated carbocycles. The number of thioether (sulfide) groups is 1. The van der Waals surface area contributed by atoms with Crippen LogP contribution in [0.4, 0.5) is 11.4 Å². The van der Waals surface area contributed by atoms with Crippen molar-refractivity contribution in [3.05, 3.63) is 40.4 Å². The highest BCUT2D eigenvalue weighted by Gasteiger charge is 2.16. The monoisotopic (exact) mass is 419 g/mol. The molecule has 3 aromatic rings. The van der Waals surface area contributed by atoms with Crippen LogP contribution in [-0.2, 0) is 4.79 Å². The van der Waals surface area contributed by atoms with E-state index in [1.54, 1.807) is 12.1 Å². The van der Waals surface area contributed by atoms with Crippen LogP contribution in [0.15, 0.2) is 40.0 Å². The molecule has 1 amide bonds. The molecule has 0 atom stereocenters. The van der Waals surface area contributed by atoms with Gasteiger partial charge in [0.05, 0.1) is 32.0 Å². The molecule has 3 rings (SSSR count). The molecule has 0 aliphatic carbocycles. The molecule has 0 unspecified atom stereocenters. The number of anilines is 1. The van der Waals surface area contributed by atoms with Crippen LogP contribution in [0, 0.1) is 10.1 Å². The van der Waals surface area contributed by atoms with Crippen LogP contribution < -0.4 is 19.5 Å². The lowest BCUT2D eigenvalue weighted by Crippen LogP contribution is -2.14. The summed E-state index contributed by atoms with van der Waals surface area (Å²) in [7, 11) is 4.46. The second-order valence-electron chi connectivity index (χ2n) is 5.64. The van der Waals surface area contributed by atoms with Gasteiger partial charge in [0.1, 0.15) is 5.52 Å². The number of aromatic nitrogens is 1. The lowest BCUT2D eigenvalue weighted by molar-refractivity contribution is -0.384. The first kappa shape index (κ1) is 20.3. The molecule has 152 valence electrons. The number of nitrogens with zero attached hydrogens (tertiary/aromatic N) is 2. The fraction of sp³-hybridized carbons (Fsp3) is 0.222. The molecule has 0 saturated heterocycles. The van der Waals surface area contributed by atoms with Crippen LogP contribution in [0.1, 0.15) is 0 Å². The Morgan fingerprint density at radius 2 is 1.86 bits per heavy atom. The van der Waals surface area contributed by atoms with Crippen LogP contribution in [0.25, 0.3) is 11.1 Å². The summed E-state index contributed by atoms with van der Waals surface area (Å²) in [6.07, 6.45) is 0. The molecule has 0 fully saturated rings. The summed E-state index contributed by atoms with van der Waals surface area (Å²) in [4.78, 5) is 26.8. The van der Waals surface area contributed by atoms with Gasteiger partial charge in [-0.05, 0) is 6.07 Å². The van der Waals surface area contributed by atoms with E-state index in [0.29, 0.717) is 34.0 Å². The zero-order chi connectivity index (χ0) is 21.0. The second-order valence-corrected chi connectivity index (χ2v) is 6.57. The molecular weight excluding hydrogens is 402 g/mol. The van der Waals surface area contributed by atoms with Gasteiger partial charge < -0.3 is 23.9 Å². The van der Waals surface area contributed by atoms with Crippen LogP contribution in [0.2, 0.25) is 0 Å². The van der Waals surface area contributed by atoms with Gasteiger partial charge >= 0.3 is 0 Å². The van der Waals surface area contributed by atoms with E-state index >= 15 is 0 Å². The fourth-order valence-corrected chi connectivity index (χ4v) is 3.19. The average molecular weight is 419 g/mol. The Hall–Kier alpha value is -3.47. The van der Waals surface area contributed by atoms with Crippen molar-refractivity contribution in [2.75, 3.05) is 32.4 Å². The Morgan fingerprint density at radius 1 is 1.17 bits per heavy atom. The van der Waals surface area contributed by atoms with Crippen molar-refractivity contribution < 1.29 is 28.3 Å². The van der Waals surface area contributed by atoms with Gasteiger partial charge in [0.15, 0.2) is 17.1 Å². The van der Waals surface area contributed by atoms with E-state index in [4.69, 9.17) is 18.6 Å². The largest absolute Gasteiger partial charge is 0.493 e. The number of non-ortho nitro benzene ring substituents is 1. The fourth-order valence-electron chi connectivity index (χ4n) is 2.55. The molecule has 11 heteroatoms. The third kappa shape index (κ3) is 4.51. The Balaban J connectivity index is 1.68. The molecule has 1 aromatic heterocycles. The lowest BCUT2D eigenvalue weighted by atomic mass is 10.2. The van der Waals surface area contributed by atoms with Gasteiger partial charge in [-0.3, -0.25) is 14.9 Å². The standard InChI is InChI=1S/C18H17N3O7S/c1-25-14-6-10(7-15(26-2)17(14)27-3)19-16(22)9-29-18-20-12-8-11(21(23)24)4-5-13(12)28-18/h4-8H,9H2,1-3H3,(H,19,22). The highest BCUT2D eigenvalue weighted by atomic mass is 32.2. The molecule has 0 aliphatic heterocycles. The SMILES string of the molecule is COc1cc(NC(=O)CSc2nc3cc([N+](=O)[O-])ccc3o2)cc(OC)c1OC. The second kappa shape index (κ2) is 8.69. The molecule has 0 aliphatic rings. The van der Waals surface area contributed by atoms with Gasteiger partial charge in [-0.1, -0.05) is 11.8 Å². The first-order valence-corrected chi connectivity index (χ1v) is 9.21. The summed E-state index contributed by atoms with van der Waals surface area (Å²) in [6, 6.07) is 7.35. The Labute approximate surface area is 169 Å². The molecule has 0 spiro atoms. The van der Waals surface area contributed by atoms with Crippen molar-refractivity contribution in [1.82, 2.24) is 4.98 Å². The highest BCUT2D eigenvalue weighted by Crippen LogP contribution is 2.40. The maximum absolute atomic E-state index is 12.3. The Kier molecular flexibility index (Phi) is 6.07. The number of benzene rings is 2. The first-order valence-electron chi connectivity index (χ1n) is 8.22. The number of hydrogen-bond donors (Lipinski definition) is 1. The third-order valence-electron chi connectivity index (χ3n) is 3.84. The van der Waals surface area contributed by atoms with Gasteiger partial charge in [-0.2, -0.15) is 0 Å². The lowest BCUT2D eigenvalue weighted by Gasteiger charge is -2.14. The minimum Gasteiger partial charge on any atom is -0.493 e. The zero-order valence-corrected chi connectivity index (χ0v) is 16.6. The maximum atomic E-state index is 12.3. The van der Waals surface area contributed by atoms with Crippen LogP contribution >= 0.6 is 11.8 Å². The molecule has 0 bridgehead atoms. The first-order chi connectivity index (χ1) is 13.9. The normalized spacial score (nSPS) is 10.6. The number of nitro benzene ring substituents is 1. The number of methoxy groups -OCH3 is 3. The Bertz CT molecular complexity index is 1040. The van der Waals surface area contributed by atoms with Crippen molar-refractivity contribution in [3.8, 4) is 17.2 Å². The molecule has 1 N–H and O–H groups in total. The predicted molar refractivity (Wildman–Crippen MR) is 106 cm³/mol. The number of ether oxygens (including phenoxy) is 3. The summed E-state index contributed by atoms with van der Waals surface area (Å²) >= 11 is 1.07. The quantitative estimate of drug-likeness (QED) is 0.332.